The lowest BCUT2D eigenvalue weighted by atomic mass is 10.2. The van der Waals surface area contributed by atoms with E-state index in [0.717, 1.165) is 24.4 Å². The summed E-state index contributed by atoms with van der Waals surface area (Å²) in [6.45, 7) is 2.56. The first-order chi connectivity index (χ1) is 14.6. The van der Waals surface area contributed by atoms with Gasteiger partial charge in [-0.2, -0.15) is 0 Å². The van der Waals surface area contributed by atoms with Crippen LogP contribution in [-0.2, 0) is 19.6 Å². The SMILES string of the molecule is O=c1c2c3n(c(=O)cc2[nH]n1-c1ccccc1Cl)CCCN(Cc1ccccn1)C3. The number of hydrogen-bond donors (Lipinski definition) is 1. The largest absolute Gasteiger partial charge is 0.310 e. The molecule has 0 aliphatic carbocycles. The van der Waals surface area contributed by atoms with Gasteiger partial charge >= 0.3 is 0 Å². The molecule has 1 aliphatic heterocycles. The molecule has 0 spiro atoms. The minimum absolute atomic E-state index is 0.107. The van der Waals surface area contributed by atoms with Gasteiger partial charge in [-0.15, -0.1) is 0 Å². The standard InChI is InChI=1S/C22H20ClN5O2/c23-16-7-1-2-8-18(16)28-22(30)21-17(25-28)12-20(29)27-11-5-10-26(14-19(21)27)13-15-6-3-4-9-24-15/h1-4,6-9,12,25H,5,10-11,13-14H2. The Balaban J connectivity index is 1.64. The second kappa shape index (κ2) is 7.59. The van der Waals surface area contributed by atoms with Crippen molar-refractivity contribution in [1.82, 2.24) is 24.2 Å². The van der Waals surface area contributed by atoms with E-state index in [0.29, 0.717) is 41.2 Å². The summed E-state index contributed by atoms with van der Waals surface area (Å²) >= 11 is 6.31. The molecule has 0 saturated carbocycles. The number of benzene rings is 1. The summed E-state index contributed by atoms with van der Waals surface area (Å²) in [7, 11) is 0. The summed E-state index contributed by atoms with van der Waals surface area (Å²) in [6, 6.07) is 14.5. The van der Waals surface area contributed by atoms with Gasteiger partial charge in [0.15, 0.2) is 0 Å². The lowest BCUT2D eigenvalue weighted by Crippen LogP contribution is -2.27. The summed E-state index contributed by atoms with van der Waals surface area (Å²) < 4.78 is 3.15. The van der Waals surface area contributed by atoms with Crippen LogP contribution in [0.4, 0.5) is 0 Å². The molecule has 0 bridgehead atoms. The maximum Gasteiger partial charge on any atom is 0.280 e. The first kappa shape index (κ1) is 18.8. The van der Waals surface area contributed by atoms with Crippen molar-refractivity contribution in [2.45, 2.75) is 26.1 Å². The average Bonchev–Trinajstić information content (AvgIpc) is 2.92. The molecule has 0 amide bonds. The number of para-hydroxylation sites is 1. The highest BCUT2D eigenvalue weighted by molar-refractivity contribution is 6.32. The van der Waals surface area contributed by atoms with Crippen LogP contribution in [0.5, 0.6) is 0 Å². The third kappa shape index (κ3) is 3.26. The lowest BCUT2D eigenvalue weighted by molar-refractivity contribution is 0.258. The van der Waals surface area contributed by atoms with E-state index < -0.39 is 0 Å². The zero-order chi connectivity index (χ0) is 20.7. The molecule has 8 heteroatoms. The van der Waals surface area contributed by atoms with Gasteiger partial charge in [0.05, 0.1) is 33.0 Å². The fourth-order valence-corrected chi connectivity index (χ4v) is 4.34. The van der Waals surface area contributed by atoms with E-state index in [2.05, 4.69) is 15.0 Å². The maximum absolute atomic E-state index is 13.4. The third-order valence-electron chi connectivity index (χ3n) is 5.50. The van der Waals surface area contributed by atoms with Crippen molar-refractivity contribution >= 4 is 22.5 Å². The third-order valence-corrected chi connectivity index (χ3v) is 5.82. The first-order valence-corrected chi connectivity index (χ1v) is 10.2. The van der Waals surface area contributed by atoms with E-state index in [-0.39, 0.29) is 11.1 Å². The molecule has 4 heterocycles. The minimum Gasteiger partial charge on any atom is -0.310 e. The number of nitrogens with zero attached hydrogens (tertiary/aromatic N) is 4. The zero-order valence-corrected chi connectivity index (χ0v) is 17.0. The average molecular weight is 422 g/mol. The number of fused-ring (bicyclic) bond motifs is 3. The van der Waals surface area contributed by atoms with Crippen molar-refractivity contribution in [3.05, 3.63) is 91.8 Å². The van der Waals surface area contributed by atoms with Gasteiger partial charge in [0.25, 0.3) is 11.1 Å². The van der Waals surface area contributed by atoms with Crippen LogP contribution >= 0.6 is 11.6 Å². The summed E-state index contributed by atoms with van der Waals surface area (Å²) in [5, 5.41) is 4.06. The second-order valence-electron chi connectivity index (χ2n) is 7.46. The second-order valence-corrected chi connectivity index (χ2v) is 7.87. The molecule has 30 heavy (non-hydrogen) atoms. The Morgan fingerprint density at radius 2 is 1.90 bits per heavy atom. The van der Waals surface area contributed by atoms with Crippen molar-refractivity contribution in [1.29, 1.82) is 0 Å². The number of nitrogens with one attached hydrogen (secondary N) is 1. The van der Waals surface area contributed by atoms with E-state index in [9.17, 15) is 9.59 Å². The molecule has 0 radical (unpaired) electrons. The van der Waals surface area contributed by atoms with Crippen LogP contribution < -0.4 is 11.1 Å². The number of H-pyrrole nitrogens is 1. The molecule has 0 unspecified atom stereocenters. The Bertz CT molecular complexity index is 1340. The van der Waals surface area contributed by atoms with E-state index in [1.54, 1.807) is 22.9 Å². The number of hydrogen-bond acceptors (Lipinski definition) is 4. The van der Waals surface area contributed by atoms with Crippen molar-refractivity contribution < 1.29 is 0 Å². The topological polar surface area (TPSA) is 75.9 Å². The minimum atomic E-state index is -0.207. The Hall–Kier alpha value is -3.16. The number of halogens is 1. The molecule has 7 nitrogen and oxygen atoms in total. The highest BCUT2D eigenvalue weighted by atomic mass is 35.5. The molecule has 152 valence electrons. The van der Waals surface area contributed by atoms with Crippen molar-refractivity contribution in [2.75, 3.05) is 6.54 Å². The van der Waals surface area contributed by atoms with Gasteiger partial charge in [0.1, 0.15) is 0 Å². The Morgan fingerprint density at radius 1 is 1.07 bits per heavy atom. The van der Waals surface area contributed by atoms with Gasteiger partial charge < -0.3 is 4.57 Å². The van der Waals surface area contributed by atoms with Gasteiger partial charge in [-0.3, -0.25) is 24.6 Å². The monoisotopic (exact) mass is 421 g/mol. The molecular formula is C22H20ClN5O2. The molecule has 3 aromatic heterocycles. The van der Waals surface area contributed by atoms with Gasteiger partial charge in [0, 0.05) is 38.4 Å². The van der Waals surface area contributed by atoms with E-state index >= 15 is 0 Å². The molecular weight excluding hydrogens is 402 g/mol. The normalized spacial score (nSPS) is 14.6. The van der Waals surface area contributed by atoms with Crippen LogP contribution in [0.15, 0.2) is 64.3 Å². The van der Waals surface area contributed by atoms with Gasteiger partial charge in [-0.25, -0.2) is 4.68 Å². The van der Waals surface area contributed by atoms with Crippen LogP contribution in [-0.4, -0.2) is 30.8 Å². The van der Waals surface area contributed by atoms with Crippen LogP contribution in [0.2, 0.25) is 5.02 Å². The fraction of sp³-hybridized carbons (Fsp3) is 0.227. The zero-order valence-electron chi connectivity index (χ0n) is 16.2. The van der Waals surface area contributed by atoms with Gasteiger partial charge in [-0.1, -0.05) is 29.8 Å². The van der Waals surface area contributed by atoms with Crippen molar-refractivity contribution in [3.8, 4) is 5.69 Å². The fourth-order valence-electron chi connectivity index (χ4n) is 4.12. The molecule has 0 saturated heterocycles. The van der Waals surface area contributed by atoms with Crippen LogP contribution in [0.25, 0.3) is 16.6 Å². The predicted molar refractivity (Wildman–Crippen MR) is 116 cm³/mol. The highest BCUT2D eigenvalue weighted by Crippen LogP contribution is 2.22. The van der Waals surface area contributed by atoms with Crippen molar-refractivity contribution in [3.63, 3.8) is 0 Å². The molecule has 1 N–H and O–H groups in total. The highest BCUT2D eigenvalue weighted by Gasteiger charge is 2.23. The maximum atomic E-state index is 13.4. The van der Waals surface area contributed by atoms with E-state index in [1.165, 1.54) is 10.7 Å². The Labute approximate surface area is 177 Å². The number of rotatable bonds is 3. The molecule has 4 aromatic rings. The lowest BCUT2D eigenvalue weighted by Gasteiger charge is -2.19. The molecule has 1 aliphatic rings. The predicted octanol–water partition coefficient (Wildman–Crippen LogP) is 2.93. The van der Waals surface area contributed by atoms with E-state index in [4.69, 9.17) is 11.6 Å². The Kier molecular flexibility index (Phi) is 4.77. The number of aromatic amines is 1. The van der Waals surface area contributed by atoms with Gasteiger partial charge in [0.2, 0.25) is 0 Å². The molecule has 1 aromatic carbocycles. The smallest absolute Gasteiger partial charge is 0.280 e. The Morgan fingerprint density at radius 3 is 2.70 bits per heavy atom. The quantitative estimate of drug-likeness (QED) is 0.552. The first-order valence-electron chi connectivity index (χ1n) is 9.86. The summed E-state index contributed by atoms with van der Waals surface area (Å²) in [5.74, 6) is 0. The number of pyridine rings is 2. The van der Waals surface area contributed by atoms with Crippen molar-refractivity contribution in [2.24, 2.45) is 0 Å². The molecule has 0 atom stereocenters. The van der Waals surface area contributed by atoms with E-state index in [1.807, 2.05) is 30.3 Å². The van der Waals surface area contributed by atoms with Gasteiger partial charge in [-0.05, 0) is 30.7 Å². The number of aromatic nitrogens is 4. The molecule has 5 rings (SSSR count). The molecule has 0 fully saturated rings. The summed E-state index contributed by atoms with van der Waals surface area (Å²) in [6.07, 6.45) is 2.60. The van der Waals surface area contributed by atoms with Crippen LogP contribution in [0, 0.1) is 0 Å². The summed E-state index contributed by atoms with van der Waals surface area (Å²) in [5.41, 5.74) is 2.47. The van der Waals surface area contributed by atoms with Crippen LogP contribution in [0.3, 0.4) is 0 Å². The summed E-state index contributed by atoms with van der Waals surface area (Å²) in [4.78, 5) is 32.8. The van der Waals surface area contributed by atoms with Crippen LogP contribution in [0.1, 0.15) is 17.8 Å².